The van der Waals surface area contributed by atoms with Crippen LogP contribution in [-0.2, 0) is 30.9 Å². The SMILES string of the molecule is CS(=O)(=O)Nc1cccc(CN2CC[C@@H](Nc3cnc(/C=C/C(=O)NOC4CCCCO4)cn3)C2)c1. The minimum atomic E-state index is -3.30. The maximum Gasteiger partial charge on any atom is 0.267 e. The molecule has 2 atom stereocenters. The van der Waals surface area contributed by atoms with Crippen molar-refractivity contribution in [3.05, 3.63) is 54.0 Å². The Kier molecular flexibility index (Phi) is 8.86. The van der Waals surface area contributed by atoms with Crippen LogP contribution in [-0.4, -0.2) is 67.5 Å². The summed E-state index contributed by atoms with van der Waals surface area (Å²) >= 11 is 0. The highest BCUT2D eigenvalue weighted by Gasteiger charge is 2.23. The van der Waals surface area contributed by atoms with Crippen molar-refractivity contribution in [3.63, 3.8) is 0 Å². The van der Waals surface area contributed by atoms with Crippen LogP contribution in [0, 0.1) is 0 Å². The van der Waals surface area contributed by atoms with Crippen LogP contribution in [0.5, 0.6) is 0 Å². The van der Waals surface area contributed by atoms with Gasteiger partial charge in [0, 0.05) is 50.5 Å². The summed E-state index contributed by atoms with van der Waals surface area (Å²) in [6.07, 6.45) is 10.7. The summed E-state index contributed by atoms with van der Waals surface area (Å²) in [6.45, 7) is 3.12. The molecule has 0 spiro atoms. The van der Waals surface area contributed by atoms with E-state index in [4.69, 9.17) is 9.57 Å². The first kappa shape index (κ1) is 26.0. The summed E-state index contributed by atoms with van der Waals surface area (Å²) in [6, 6.07) is 7.66. The van der Waals surface area contributed by atoms with Gasteiger partial charge in [0.05, 0.1) is 24.3 Å². The highest BCUT2D eigenvalue weighted by Crippen LogP contribution is 2.19. The van der Waals surface area contributed by atoms with Gasteiger partial charge >= 0.3 is 0 Å². The second-order valence-electron chi connectivity index (χ2n) is 8.98. The van der Waals surface area contributed by atoms with E-state index in [1.807, 2.05) is 18.2 Å². The van der Waals surface area contributed by atoms with E-state index in [0.29, 0.717) is 23.8 Å². The third-order valence-corrected chi connectivity index (χ3v) is 6.37. The zero-order valence-electron chi connectivity index (χ0n) is 20.2. The molecule has 0 radical (unpaired) electrons. The van der Waals surface area contributed by atoms with Gasteiger partial charge in [0.2, 0.25) is 10.0 Å². The summed E-state index contributed by atoms with van der Waals surface area (Å²) in [5.74, 6) is 0.275. The Bertz CT molecular complexity index is 1150. The Morgan fingerprint density at radius 3 is 2.89 bits per heavy atom. The first-order valence-corrected chi connectivity index (χ1v) is 13.8. The summed E-state index contributed by atoms with van der Waals surface area (Å²) in [5, 5.41) is 3.40. The van der Waals surface area contributed by atoms with Crippen LogP contribution in [0.25, 0.3) is 6.08 Å². The van der Waals surface area contributed by atoms with Gasteiger partial charge in [-0.05, 0) is 43.0 Å². The van der Waals surface area contributed by atoms with Crippen LogP contribution >= 0.6 is 0 Å². The lowest BCUT2D eigenvalue weighted by Crippen LogP contribution is -2.32. The van der Waals surface area contributed by atoms with Crippen LogP contribution in [0.1, 0.15) is 36.9 Å². The van der Waals surface area contributed by atoms with Gasteiger partial charge in [0.15, 0.2) is 6.29 Å². The zero-order chi connectivity index (χ0) is 25.4. The number of amides is 1. The van der Waals surface area contributed by atoms with Crippen LogP contribution in [0.4, 0.5) is 11.5 Å². The number of benzene rings is 1. The lowest BCUT2D eigenvalue weighted by molar-refractivity contribution is -0.198. The van der Waals surface area contributed by atoms with Crippen molar-refractivity contribution < 1.29 is 22.8 Å². The largest absolute Gasteiger partial charge is 0.365 e. The number of ether oxygens (including phenoxy) is 1. The van der Waals surface area contributed by atoms with E-state index in [1.54, 1.807) is 24.5 Å². The van der Waals surface area contributed by atoms with Gasteiger partial charge in [-0.1, -0.05) is 12.1 Å². The summed E-state index contributed by atoms with van der Waals surface area (Å²) in [5.41, 5.74) is 4.53. The van der Waals surface area contributed by atoms with Gasteiger partial charge in [-0.2, -0.15) is 0 Å². The molecule has 1 aromatic heterocycles. The smallest absolute Gasteiger partial charge is 0.267 e. The van der Waals surface area contributed by atoms with Crippen LogP contribution in [0.15, 0.2) is 42.7 Å². The third-order valence-electron chi connectivity index (χ3n) is 5.77. The number of hydroxylamine groups is 1. The van der Waals surface area contributed by atoms with Crippen molar-refractivity contribution in [1.82, 2.24) is 20.3 Å². The predicted octanol–water partition coefficient (Wildman–Crippen LogP) is 2.12. The Hall–Kier alpha value is -3.06. The quantitative estimate of drug-likeness (QED) is 0.321. The van der Waals surface area contributed by atoms with Gasteiger partial charge in [0.25, 0.3) is 5.91 Å². The number of carbonyl (C=O) groups excluding carboxylic acids is 1. The van der Waals surface area contributed by atoms with Crippen molar-refractivity contribution in [1.29, 1.82) is 0 Å². The van der Waals surface area contributed by atoms with E-state index < -0.39 is 22.2 Å². The van der Waals surface area contributed by atoms with Crippen molar-refractivity contribution in [2.45, 2.75) is 44.6 Å². The first-order chi connectivity index (χ1) is 17.3. The minimum absolute atomic E-state index is 0.225. The molecule has 3 heterocycles. The van der Waals surface area contributed by atoms with Crippen molar-refractivity contribution in [2.75, 3.05) is 36.0 Å². The number of nitrogens with one attached hydrogen (secondary N) is 3. The molecule has 0 saturated carbocycles. The average molecular weight is 517 g/mol. The molecule has 3 N–H and O–H groups in total. The molecule has 1 amide bonds. The number of carbonyl (C=O) groups is 1. The number of anilines is 2. The molecule has 2 aliphatic rings. The first-order valence-electron chi connectivity index (χ1n) is 12.0. The Labute approximate surface area is 211 Å². The molecule has 0 bridgehead atoms. The van der Waals surface area contributed by atoms with E-state index in [-0.39, 0.29) is 6.04 Å². The van der Waals surface area contributed by atoms with E-state index in [2.05, 4.69) is 30.4 Å². The standard InChI is InChI=1S/C24H32N6O5S/c1-36(32,33)29-19-6-4-5-18(13-19)16-30-11-10-21(17-30)27-22-15-25-20(14-26-22)8-9-23(31)28-35-24-7-2-3-12-34-24/h4-6,8-9,13-15,21,24,29H,2-3,7,10-12,16-17H2,1H3,(H,26,27)(H,28,31)/b9-8+/t21-,24?/m1/s1. The Balaban J connectivity index is 1.21. The normalized spacial score (nSPS) is 20.9. The molecule has 36 heavy (non-hydrogen) atoms. The molecular formula is C24H32N6O5S. The monoisotopic (exact) mass is 516 g/mol. The summed E-state index contributed by atoms with van der Waals surface area (Å²) < 4.78 is 30.9. The lowest BCUT2D eigenvalue weighted by atomic mass is 10.2. The molecular weight excluding hydrogens is 484 g/mol. The van der Waals surface area contributed by atoms with E-state index in [0.717, 1.165) is 57.1 Å². The summed E-state index contributed by atoms with van der Waals surface area (Å²) in [7, 11) is -3.30. The zero-order valence-corrected chi connectivity index (χ0v) is 21.0. The maximum absolute atomic E-state index is 11.9. The second-order valence-corrected chi connectivity index (χ2v) is 10.7. The van der Waals surface area contributed by atoms with Crippen LogP contribution in [0.2, 0.25) is 0 Å². The summed E-state index contributed by atoms with van der Waals surface area (Å²) in [4.78, 5) is 28.2. The lowest BCUT2D eigenvalue weighted by Gasteiger charge is -2.21. The predicted molar refractivity (Wildman–Crippen MR) is 136 cm³/mol. The molecule has 2 aliphatic heterocycles. The van der Waals surface area contributed by atoms with Gasteiger partial charge in [-0.3, -0.25) is 19.4 Å². The maximum atomic E-state index is 11.9. The number of sulfonamides is 1. The molecule has 0 aliphatic carbocycles. The average Bonchev–Trinajstić information content (AvgIpc) is 3.28. The fourth-order valence-electron chi connectivity index (χ4n) is 4.13. The molecule has 11 nitrogen and oxygen atoms in total. The topological polar surface area (TPSA) is 135 Å². The number of likely N-dealkylation sites (tertiary alicyclic amines) is 1. The van der Waals surface area contributed by atoms with Gasteiger partial charge < -0.3 is 10.1 Å². The van der Waals surface area contributed by atoms with Gasteiger partial charge in [-0.25, -0.2) is 23.7 Å². The molecule has 4 rings (SSSR count). The van der Waals surface area contributed by atoms with E-state index in [1.165, 1.54) is 6.08 Å². The van der Waals surface area contributed by atoms with Crippen LogP contribution in [0.3, 0.4) is 0 Å². The van der Waals surface area contributed by atoms with Crippen molar-refractivity contribution >= 4 is 33.5 Å². The van der Waals surface area contributed by atoms with E-state index in [9.17, 15) is 13.2 Å². The Morgan fingerprint density at radius 1 is 1.25 bits per heavy atom. The highest BCUT2D eigenvalue weighted by atomic mass is 32.2. The molecule has 2 aromatic rings. The highest BCUT2D eigenvalue weighted by molar-refractivity contribution is 7.92. The molecule has 1 aromatic carbocycles. The van der Waals surface area contributed by atoms with Crippen molar-refractivity contribution in [2.24, 2.45) is 0 Å². The molecule has 2 fully saturated rings. The molecule has 1 unspecified atom stereocenters. The molecule has 2 saturated heterocycles. The number of hydrogen-bond acceptors (Lipinski definition) is 9. The number of rotatable bonds is 10. The fraction of sp³-hybridized carbons (Fsp3) is 0.458. The van der Waals surface area contributed by atoms with Gasteiger partial charge in [-0.15, -0.1) is 0 Å². The number of nitrogens with zero attached hydrogens (tertiary/aromatic N) is 3. The van der Waals surface area contributed by atoms with Crippen molar-refractivity contribution in [3.8, 4) is 0 Å². The minimum Gasteiger partial charge on any atom is -0.365 e. The fourth-order valence-corrected chi connectivity index (χ4v) is 4.69. The molecule has 194 valence electrons. The van der Waals surface area contributed by atoms with Crippen LogP contribution < -0.4 is 15.5 Å². The number of aromatic nitrogens is 2. The number of hydrogen-bond donors (Lipinski definition) is 3. The third kappa shape index (κ3) is 8.55. The van der Waals surface area contributed by atoms with E-state index >= 15 is 0 Å². The van der Waals surface area contributed by atoms with Gasteiger partial charge in [0.1, 0.15) is 5.82 Å². The molecule has 12 heteroatoms. The second kappa shape index (κ2) is 12.3. The Morgan fingerprint density at radius 2 is 2.14 bits per heavy atom.